The Morgan fingerprint density at radius 1 is 1.35 bits per heavy atom. The van der Waals surface area contributed by atoms with Crippen molar-refractivity contribution in [2.45, 2.75) is 26.4 Å². The third kappa shape index (κ3) is 3.98. The number of rotatable bonds is 5. The fourth-order valence-corrected chi connectivity index (χ4v) is 2.46. The van der Waals surface area contributed by atoms with Crippen LogP contribution in [-0.4, -0.2) is 34.9 Å². The second-order valence-corrected chi connectivity index (χ2v) is 5.98. The first-order chi connectivity index (χ1) is 10.9. The standard InChI is InChI=1S/C16H17BrN2O4/c1-10(2)19(15(20)11-6-4-5-7-12(11)17)8-14-18-13(9-23-14)16(21)22-3/h4-7,9-10H,8H2,1-3H3. The van der Waals surface area contributed by atoms with Crippen molar-refractivity contribution in [1.29, 1.82) is 0 Å². The summed E-state index contributed by atoms with van der Waals surface area (Å²) in [5, 5.41) is 0. The molecule has 0 N–H and O–H groups in total. The molecule has 0 fully saturated rings. The first-order valence-corrected chi connectivity index (χ1v) is 7.81. The van der Waals surface area contributed by atoms with Crippen LogP contribution >= 0.6 is 15.9 Å². The number of nitrogens with zero attached hydrogens (tertiary/aromatic N) is 2. The summed E-state index contributed by atoms with van der Waals surface area (Å²) >= 11 is 3.38. The van der Waals surface area contributed by atoms with Gasteiger partial charge in [0.25, 0.3) is 5.91 Å². The first kappa shape index (κ1) is 17.2. The molecule has 0 spiro atoms. The Hall–Kier alpha value is -2.15. The van der Waals surface area contributed by atoms with Gasteiger partial charge in [0.05, 0.1) is 19.2 Å². The van der Waals surface area contributed by atoms with Crippen molar-refractivity contribution in [3.05, 3.63) is 52.1 Å². The van der Waals surface area contributed by atoms with Crippen LogP contribution in [0, 0.1) is 0 Å². The lowest BCUT2D eigenvalue weighted by Gasteiger charge is -2.25. The van der Waals surface area contributed by atoms with Gasteiger partial charge in [0, 0.05) is 10.5 Å². The molecule has 2 rings (SSSR count). The van der Waals surface area contributed by atoms with E-state index in [1.54, 1.807) is 17.0 Å². The average Bonchev–Trinajstić information content (AvgIpc) is 3.00. The summed E-state index contributed by atoms with van der Waals surface area (Å²) in [6.45, 7) is 3.96. The van der Waals surface area contributed by atoms with Gasteiger partial charge in [0.2, 0.25) is 5.89 Å². The largest absolute Gasteiger partial charge is 0.464 e. The number of hydrogen-bond donors (Lipinski definition) is 0. The van der Waals surface area contributed by atoms with Crippen LogP contribution < -0.4 is 0 Å². The molecule has 0 saturated heterocycles. The number of oxazole rings is 1. The average molecular weight is 381 g/mol. The molecule has 23 heavy (non-hydrogen) atoms. The number of ether oxygens (including phenoxy) is 1. The van der Waals surface area contributed by atoms with Crippen LogP contribution in [0.3, 0.4) is 0 Å². The quantitative estimate of drug-likeness (QED) is 0.744. The van der Waals surface area contributed by atoms with E-state index < -0.39 is 5.97 Å². The third-order valence-corrected chi connectivity index (χ3v) is 3.93. The van der Waals surface area contributed by atoms with Crippen LogP contribution in [0.1, 0.15) is 40.6 Å². The number of carbonyl (C=O) groups is 2. The summed E-state index contributed by atoms with van der Waals surface area (Å²) in [7, 11) is 1.27. The molecule has 0 unspecified atom stereocenters. The summed E-state index contributed by atoms with van der Waals surface area (Å²) in [5.41, 5.74) is 0.639. The van der Waals surface area contributed by atoms with Crippen molar-refractivity contribution in [3.8, 4) is 0 Å². The molecule has 122 valence electrons. The van der Waals surface area contributed by atoms with Gasteiger partial charge in [-0.1, -0.05) is 12.1 Å². The minimum atomic E-state index is -0.576. The van der Waals surface area contributed by atoms with Gasteiger partial charge >= 0.3 is 5.97 Å². The Morgan fingerprint density at radius 2 is 2.04 bits per heavy atom. The number of hydrogen-bond acceptors (Lipinski definition) is 5. The summed E-state index contributed by atoms with van der Waals surface area (Å²) in [6.07, 6.45) is 1.22. The van der Waals surface area contributed by atoms with Gasteiger partial charge in [0.15, 0.2) is 5.69 Å². The molecule has 0 bridgehead atoms. The van der Waals surface area contributed by atoms with E-state index in [9.17, 15) is 9.59 Å². The van der Waals surface area contributed by atoms with E-state index in [0.29, 0.717) is 5.56 Å². The molecule has 0 radical (unpaired) electrons. The molecule has 1 aromatic heterocycles. The van der Waals surface area contributed by atoms with Gasteiger partial charge < -0.3 is 14.1 Å². The molecule has 2 aromatic rings. The van der Waals surface area contributed by atoms with E-state index >= 15 is 0 Å². The van der Waals surface area contributed by atoms with E-state index in [2.05, 4.69) is 25.7 Å². The number of benzene rings is 1. The molecule has 6 nitrogen and oxygen atoms in total. The van der Waals surface area contributed by atoms with E-state index in [4.69, 9.17) is 4.42 Å². The molecule has 1 heterocycles. The normalized spacial score (nSPS) is 10.7. The lowest BCUT2D eigenvalue weighted by Crippen LogP contribution is -2.36. The molecule has 7 heteroatoms. The summed E-state index contributed by atoms with van der Waals surface area (Å²) in [5.74, 6) is -0.446. The molecule has 1 amide bonds. The Balaban J connectivity index is 2.22. The van der Waals surface area contributed by atoms with Crippen molar-refractivity contribution in [3.63, 3.8) is 0 Å². The summed E-state index contributed by atoms with van der Waals surface area (Å²) in [4.78, 5) is 29.8. The number of halogens is 1. The zero-order valence-corrected chi connectivity index (χ0v) is 14.7. The van der Waals surface area contributed by atoms with Gasteiger partial charge in [-0.15, -0.1) is 0 Å². The fourth-order valence-electron chi connectivity index (χ4n) is 2.01. The van der Waals surface area contributed by atoms with Crippen LogP contribution in [0.25, 0.3) is 0 Å². The van der Waals surface area contributed by atoms with E-state index in [0.717, 1.165) is 4.47 Å². The zero-order chi connectivity index (χ0) is 17.0. The lowest BCUT2D eigenvalue weighted by molar-refractivity contribution is 0.0593. The molecule has 0 saturated carbocycles. The fraction of sp³-hybridized carbons (Fsp3) is 0.312. The second-order valence-electron chi connectivity index (χ2n) is 5.12. The molecule has 0 aliphatic rings. The van der Waals surface area contributed by atoms with Crippen LogP contribution in [0.2, 0.25) is 0 Å². The van der Waals surface area contributed by atoms with Crippen molar-refractivity contribution >= 4 is 27.8 Å². The minimum Gasteiger partial charge on any atom is -0.464 e. The van der Waals surface area contributed by atoms with Crippen LogP contribution in [-0.2, 0) is 11.3 Å². The summed E-state index contributed by atoms with van der Waals surface area (Å²) < 4.78 is 10.6. The SMILES string of the molecule is COC(=O)c1coc(CN(C(=O)c2ccccc2Br)C(C)C)n1. The maximum atomic E-state index is 12.7. The highest BCUT2D eigenvalue weighted by Crippen LogP contribution is 2.20. The van der Waals surface area contributed by atoms with Crippen LogP contribution in [0.15, 0.2) is 39.4 Å². The van der Waals surface area contributed by atoms with Crippen molar-refractivity contribution < 1.29 is 18.7 Å². The van der Waals surface area contributed by atoms with Gasteiger partial charge in [-0.05, 0) is 41.9 Å². The molecular formula is C16H17BrN2O4. The topological polar surface area (TPSA) is 72.6 Å². The maximum Gasteiger partial charge on any atom is 0.360 e. The lowest BCUT2D eigenvalue weighted by atomic mass is 10.1. The highest BCUT2D eigenvalue weighted by Gasteiger charge is 2.23. The van der Waals surface area contributed by atoms with Gasteiger partial charge in [-0.2, -0.15) is 0 Å². The van der Waals surface area contributed by atoms with E-state index in [1.807, 2.05) is 26.0 Å². The number of aromatic nitrogens is 1. The number of amides is 1. The predicted molar refractivity (Wildman–Crippen MR) is 87.0 cm³/mol. The Morgan fingerprint density at radius 3 is 2.65 bits per heavy atom. The van der Waals surface area contributed by atoms with Crippen molar-refractivity contribution in [2.75, 3.05) is 7.11 Å². The van der Waals surface area contributed by atoms with Crippen LogP contribution in [0.4, 0.5) is 0 Å². The maximum absolute atomic E-state index is 12.7. The van der Waals surface area contributed by atoms with Crippen molar-refractivity contribution in [1.82, 2.24) is 9.88 Å². The molecular weight excluding hydrogens is 364 g/mol. The number of methoxy groups -OCH3 is 1. The Kier molecular flexibility index (Phi) is 5.54. The van der Waals surface area contributed by atoms with Gasteiger partial charge in [-0.25, -0.2) is 9.78 Å². The highest BCUT2D eigenvalue weighted by atomic mass is 79.9. The number of esters is 1. The van der Waals surface area contributed by atoms with Gasteiger partial charge in [0.1, 0.15) is 6.26 Å². The molecule has 0 aliphatic carbocycles. The molecule has 0 aliphatic heterocycles. The van der Waals surface area contributed by atoms with Gasteiger partial charge in [-0.3, -0.25) is 4.79 Å². The minimum absolute atomic E-state index is 0.0666. The Labute approximate surface area is 142 Å². The Bertz CT molecular complexity index is 712. The molecule has 1 aromatic carbocycles. The first-order valence-electron chi connectivity index (χ1n) is 7.02. The highest BCUT2D eigenvalue weighted by molar-refractivity contribution is 9.10. The smallest absolute Gasteiger partial charge is 0.360 e. The predicted octanol–water partition coefficient (Wildman–Crippen LogP) is 3.27. The third-order valence-electron chi connectivity index (χ3n) is 3.24. The van der Waals surface area contributed by atoms with Crippen LogP contribution in [0.5, 0.6) is 0 Å². The summed E-state index contributed by atoms with van der Waals surface area (Å²) in [6, 6.07) is 7.14. The molecule has 0 atom stereocenters. The van der Waals surface area contributed by atoms with E-state index in [-0.39, 0.29) is 30.1 Å². The van der Waals surface area contributed by atoms with Crippen molar-refractivity contribution in [2.24, 2.45) is 0 Å². The monoisotopic (exact) mass is 380 g/mol. The zero-order valence-electron chi connectivity index (χ0n) is 13.1. The number of carbonyl (C=O) groups excluding carboxylic acids is 2. The van der Waals surface area contributed by atoms with E-state index in [1.165, 1.54) is 13.4 Å². The second kappa shape index (κ2) is 7.41.